The van der Waals surface area contributed by atoms with Gasteiger partial charge in [0.1, 0.15) is 0 Å². The number of benzene rings is 1. The Morgan fingerprint density at radius 2 is 1.95 bits per heavy atom. The lowest BCUT2D eigenvalue weighted by molar-refractivity contribution is 0.246. The van der Waals surface area contributed by atoms with E-state index < -0.39 is 10.2 Å². The number of hydrogen-bond acceptors (Lipinski definition) is 2. The van der Waals surface area contributed by atoms with Crippen LogP contribution in [0.15, 0.2) is 30.3 Å². The van der Waals surface area contributed by atoms with Crippen LogP contribution in [0.1, 0.15) is 24.8 Å². The summed E-state index contributed by atoms with van der Waals surface area (Å²) in [6.07, 6.45) is 4.18. The van der Waals surface area contributed by atoms with Crippen LogP contribution in [0.5, 0.6) is 0 Å². The molecule has 1 aliphatic heterocycles. The Morgan fingerprint density at radius 3 is 2.60 bits per heavy atom. The molecule has 1 saturated heterocycles. The van der Waals surface area contributed by atoms with Crippen LogP contribution in [0.25, 0.3) is 0 Å². The van der Waals surface area contributed by atoms with E-state index >= 15 is 0 Å². The zero-order valence-corrected chi connectivity index (χ0v) is 13.1. The van der Waals surface area contributed by atoms with Crippen molar-refractivity contribution in [2.75, 3.05) is 27.2 Å². The summed E-state index contributed by atoms with van der Waals surface area (Å²) in [4.78, 5) is 0. The van der Waals surface area contributed by atoms with E-state index in [-0.39, 0.29) is 0 Å². The molecule has 0 spiro atoms. The molecule has 0 saturated carbocycles. The van der Waals surface area contributed by atoms with Gasteiger partial charge in [0.2, 0.25) is 0 Å². The van der Waals surface area contributed by atoms with Gasteiger partial charge in [-0.25, -0.2) is 0 Å². The summed E-state index contributed by atoms with van der Waals surface area (Å²) in [6.45, 7) is 1.32. The first-order valence-corrected chi connectivity index (χ1v) is 8.61. The molecule has 0 aliphatic carbocycles. The van der Waals surface area contributed by atoms with Crippen LogP contribution in [0, 0.1) is 5.92 Å². The number of nitrogens with zero attached hydrogens (tertiary/aromatic N) is 2. The Balaban J connectivity index is 1.91. The van der Waals surface area contributed by atoms with Gasteiger partial charge in [0.25, 0.3) is 10.2 Å². The molecule has 0 N–H and O–H groups in total. The van der Waals surface area contributed by atoms with E-state index in [1.54, 1.807) is 18.4 Å². The molecular formula is C15H24N2O2S. The van der Waals surface area contributed by atoms with E-state index in [1.807, 2.05) is 6.07 Å². The Hall–Kier alpha value is -0.910. The highest BCUT2D eigenvalue weighted by atomic mass is 32.2. The van der Waals surface area contributed by atoms with Crippen molar-refractivity contribution in [1.82, 2.24) is 8.61 Å². The van der Waals surface area contributed by atoms with Crippen molar-refractivity contribution in [2.24, 2.45) is 5.92 Å². The molecule has 1 atom stereocenters. The fourth-order valence-corrected chi connectivity index (χ4v) is 3.94. The summed E-state index contributed by atoms with van der Waals surface area (Å²) in [5.41, 5.74) is 1.33. The lowest BCUT2D eigenvalue weighted by Gasteiger charge is -2.33. The molecule has 1 aliphatic rings. The quantitative estimate of drug-likeness (QED) is 0.835. The largest absolute Gasteiger partial charge is 0.281 e. The highest BCUT2D eigenvalue weighted by molar-refractivity contribution is 7.86. The topological polar surface area (TPSA) is 40.6 Å². The minimum absolute atomic E-state index is 0.471. The highest BCUT2D eigenvalue weighted by Crippen LogP contribution is 2.24. The lowest BCUT2D eigenvalue weighted by atomic mass is 9.93. The van der Waals surface area contributed by atoms with Gasteiger partial charge in [-0.3, -0.25) is 0 Å². The lowest BCUT2D eigenvalue weighted by Crippen LogP contribution is -2.45. The van der Waals surface area contributed by atoms with E-state index in [2.05, 4.69) is 24.3 Å². The maximum Gasteiger partial charge on any atom is 0.281 e. The molecule has 0 bridgehead atoms. The third-order valence-electron chi connectivity index (χ3n) is 3.95. The van der Waals surface area contributed by atoms with Crippen molar-refractivity contribution in [3.8, 4) is 0 Å². The molecule has 0 unspecified atom stereocenters. The first kappa shape index (κ1) is 15.5. The summed E-state index contributed by atoms with van der Waals surface area (Å²) in [7, 11) is -0.0489. The number of aryl methyl sites for hydroxylation is 1. The van der Waals surface area contributed by atoms with Crippen LogP contribution in [0.3, 0.4) is 0 Å². The van der Waals surface area contributed by atoms with E-state index in [0.717, 1.165) is 25.7 Å². The maximum atomic E-state index is 12.2. The van der Waals surface area contributed by atoms with Crippen molar-refractivity contribution < 1.29 is 8.42 Å². The van der Waals surface area contributed by atoms with Crippen LogP contribution in [0.2, 0.25) is 0 Å². The first-order valence-electron chi connectivity index (χ1n) is 7.21. The van der Waals surface area contributed by atoms with Crippen LogP contribution in [-0.4, -0.2) is 44.2 Å². The number of rotatable bonds is 5. The van der Waals surface area contributed by atoms with Gasteiger partial charge < -0.3 is 0 Å². The van der Waals surface area contributed by atoms with Crippen molar-refractivity contribution in [2.45, 2.75) is 25.7 Å². The molecule has 0 radical (unpaired) electrons. The molecule has 0 amide bonds. The summed E-state index contributed by atoms with van der Waals surface area (Å²) in [5.74, 6) is 0.471. The minimum Gasteiger partial charge on any atom is -0.195 e. The predicted molar refractivity (Wildman–Crippen MR) is 81.7 cm³/mol. The van der Waals surface area contributed by atoms with E-state index in [4.69, 9.17) is 0 Å². The van der Waals surface area contributed by atoms with Gasteiger partial charge >= 0.3 is 0 Å². The Bertz CT molecular complexity index is 514. The van der Waals surface area contributed by atoms with Crippen LogP contribution >= 0.6 is 0 Å². The zero-order chi connectivity index (χ0) is 14.6. The van der Waals surface area contributed by atoms with Crippen molar-refractivity contribution >= 4 is 10.2 Å². The average molecular weight is 296 g/mol. The number of piperidine rings is 1. The van der Waals surface area contributed by atoms with Gasteiger partial charge in [-0.2, -0.15) is 17.0 Å². The van der Waals surface area contributed by atoms with Gasteiger partial charge in [0, 0.05) is 27.2 Å². The smallest absolute Gasteiger partial charge is 0.195 e. The van der Waals surface area contributed by atoms with Gasteiger partial charge in [-0.15, -0.1) is 0 Å². The van der Waals surface area contributed by atoms with Gasteiger partial charge in [-0.1, -0.05) is 30.3 Å². The van der Waals surface area contributed by atoms with Crippen LogP contribution in [0.4, 0.5) is 0 Å². The molecular weight excluding hydrogens is 272 g/mol. The monoisotopic (exact) mass is 296 g/mol. The highest BCUT2D eigenvalue weighted by Gasteiger charge is 2.29. The first-order chi connectivity index (χ1) is 9.50. The Morgan fingerprint density at radius 1 is 1.25 bits per heavy atom. The summed E-state index contributed by atoms with van der Waals surface area (Å²) in [5, 5.41) is 0. The second kappa shape index (κ2) is 6.70. The summed E-state index contributed by atoms with van der Waals surface area (Å²) < 4.78 is 27.3. The summed E-state index contributed by atoms with van der Waals surface area (Å²) in [6, 6.07) is 10.4. The molecule has 1 fully saturated rings. The Kier molecular flexibility index (Phi) is 5.18. The molecule has 2 rings (SSSR count). The predicted octanol–water partition coefficient (Wildman–Crippen LogP) is 2.14. The van der Waals surface area contributed by atoms with E-state index in [9.17, 15) is 8.42 Å². The normalized spacial score (nSPS) is 21.2. The maximum absolute atomic E-state index is 12.2. The van der Waals surface area contributed by atoms with Gasteiger partial charge in [-0.05, 0) is 37.2 Å². The molecule has 4 nitrogen and oxygen atoms in total. The molecule has 112 valence electrons. The van der Waals surface area contributed by atoms with Gasteiger partial charge in [0.05, 0.1) is 0 Å². The second-order valence-electron chi connectivity index (χ2n) is 5.68. The number of hydrogen-bond donors (Lipinski definition) is 0. The summed E-state index contributed by atoms with van der Waals surface area (Å²) >= 11 is 0. The second-order valence-corrected chi connectivity index (χ2v) is 7.82. The molecule has 1 aromatic rings. The molecule has 1 aromatic carbocycles. The van der Waals surface area contributed by atoms with Crippen molar-refractivity contribution in [3.05, 3.63) is 35.9 Å². The van der Waals surface area contributed by atoms with Crippen molar-refractivity contribution in [3.63, 3.8) is 0 Å². The van der Waals surface area contributed by atoms with E-state index in [1.165, 1.54) is 9.87 Å². The zero-order valence-electron chi connectivity index (χ0n) is 12.3. The third kappa shape index (κ3) is 3.81. The Labute approximate surface area is 122 Å². The van der Waals surface area contributed by atoms with E-state index in [0.29, 0.717) is 19.0 Å². The fraction of sp³-hybridized carbons (Fsp3) is 0.600. The molecule has 1 heterocycles. The average Bonchev–Trinajstić information content (AvgIpc) is 2.46. The van der Waals surface area contributed by atoms with Gasteiger partial charge in [0.15, 0.2) is 0 Å². The standard InChI is InChI=1S/C15H24N2O2S/c1-16(2)20(18,19)17-12-6-9-15(13-17)11-10-14-7-4-3-5-8-14/h3-5,7-8,15H,6,9-13H2,1-2H3/t15-/m1/s1. The molecule has 0 aromatic heterocycles. The molecule has 20 heavy (non-hydrogen) atoms. The van der Waals surface area contributed by atoms with Crippen molar-refractivity contribution in [1.29, 1.82) is 0 Å². The SMILES string of the molecule is CN(C)S(=O)(=O)N1CCC[C@H](CCc2ccccc2)C1. The fourth-order valence-electron chi connectivity index (χ4n) is 2.72. The van der Waals surface area contributed by atoms with Crippen LogP contribution < -0.4 is 0 Å². The van der Waals surface area contributed by atoms with Crippen LogP contribution in [-0.2, 0) is 16.6 Å². The molecule has 5 heteroatoms. The third-order valence-corrected chi connectivity index (χ3v) is 5.86. The minimum atomic E-state index is -3.25.